The first-order valence-electron chi connectivity index (χ1n) is 9.06. The Kier molecular flexibility index (Phi) is 3.74. The first kappa shape index (κ1) is 16.1. The van der Waals surface area contributed by atoms with Crippen LogP contribution in [-0.2, 0) is 0 Å². The lowest BCUT2D eigenvalue weighted by atomic mass is 10.1. The number of methoxy groups -OCH3 is 1. The molecule has 7 heteroatoms. The summed E-state index contributed by atoms with van der Waals surface area (Å²) >= 11 is 0. The van der Waals surface area contributed by atoms with Crippen molar-refractivity contribution in [1.82, 2.24) is 0 Å². The average molecular weight is 368 g/mol. The third kappa shape index (κ3) is 2.53. The number of rotatable bonds is 2. The van der Waals surface area contributed by atoms with E-state index in [1.807, 2.05) is 18.2 Å². The molecule has 0 spiro atoms. The van der Waals surface area contributed by atoms with Crippen LogP contribution in [0.15, 0.2) is 30.3 Å². The minimum atomic E-state index is -0.0936. The molecule has 0 radical (unpaired) electrons. The van der Waals surface area contributed by atoms with Gasteiger partial charge in [0.1, 0.15) is 31.3 Å². The Balaban J connectivity index is 1.55. The highest BCUT2D eigenvalue weighted by molar-refractivity contribution is 6.09. The molecule has 0 saturated heterocycles. The van der Waals surface area contributed by atoms with E-state index in [9.17, 15) is 4.79 Å². The van der Waals surface area contributed by atoms with Crippen molar-refractivity contribution < 1.29 is 23.7 Å². The standard InChI is InChI=1S/C20H20N2O5/c1-24-16-11-13(12-17-19(16)27-10-9-26-17)20(23)22-6-5-21-7-8-25-15-4-2-3-14(22)18(15)21/h2-4,11-12H,5-10H2,1H3. The van der Waals surface area contributed by atoms with Crippen LogP contribution in [0.1, 0.15) is 10.4 Å². The summed E-state index contributed by atoms with van der Waals surface area (Å²) in [4.78, 5) is 17.4. The Labute approximate surface area is 157 Å². The Bertz CT molecular complexity index is 896. The zero-order valence-electron chi connectivity index (χ0n) is 15.1. The highest BCUT2D eigenvalue weighted by Crippen LogP contribution is 2.44. The first-order chi connectivity index (χ1) is 13.3. The molecule has 0 bridgehead atoms. The Morgan fingerprint density at radius 3 is 2.74 bits per heavy atom. The zero-order chi connectivity index (χ0) is 18.4. The van der Waals surface area contributed by atoms with Gasteiger partial charge < -0.3 is 28.7 Å². The van der Waals surface area contributed by atoms with Crippen LogP contribution in [0, 0.1) is 0 Å². The van der Waals surface area contributed by atoms with Gasteiger partial charge in [-0.1, -0.05) is 6.07 Å². The van der Waals surface area contributed by atoms with Gasteiger partial charge in [-0.05, 0) is 24.3 Å². The van der Waals surface area contributed by atoms with Crippen molar-refractivity contribution in [3.63, 3.8) is 0 Å². The van der Waals surface area contributed by atoms with E-state index in [2.05, 4.69) is 4.90 Å². The summed E-state index contributed by atoms with van der Waals surface area (Å²) in [7, 11) is 1.56. The summed E-state index contributed by atoms with van der Waals surface area (Å²) in [5, 5.41) is 0. The number of amides is 1. The van der Waals surface area contributed by atoms with E-state index >= 15 is 0 Å². The van der Waals surface area contributed by atoms with Crippen LogP contribution in [0.3, 0.4) is 0 Å². The summed E-state index contributed by atoms with van der Waals surface area (Å²) in [5.74, 6) is 2.34. The molecule has 2 aromatic rings. The highest BCUT2D eigenvalue weighted by atomic mass is 16.6. The van der Waals surface area contributed by atoms with E-state index in [4.69, 9.17) is 18.9 Å². The van der Waals surface area contributed by atoms with Gasteiger partial charge in [0.05, 0.1) is 19.3 Å². The number of para-hydroxylation sites is 1. The predicted octanol–water partition coefficient (Wildman–Crippen LogP) is 2.33. The number of fused-ring (bicyclic) bond motifs is 1. The minimum Gasteiger partial charge on any atom is -0.493 e. The fourth-order valence-corrected chi connectivity index (χ4v) is 3.87. The number of carbonyl (C=O) groups is 1. The van der Waals surface area contributed by atoms with Gasteiger partial charge in [-0.15, -0.1) is 0 Å². The summed E-state index contributed by atoms with van der Waals surface area (Å²) in [6.07, 6.45) is 0. The third-order valence-corrected chi connectivity index (χ3v) is 5.12. The van der Waals surface area contributed by atoms with E-state index in [0.717, 1.165) is 30.2 Å². The number of benzene rings is 2. The van der Waals surface area contributed by atoms with Gasteiger partial charge in [0.15, 0.2) is 11.5 Å². The fraction of sp³-hybridized carbons (Fsp3) is 0.350. The molecule has 3 aliphatic rings. The fourth-order valence-electron chi connectivity index (χ4n) is 3.87. The van der Waals surface area contributed by atoms with Crippen LogP contribution in [0.2, 0.25) is 0 Å². The number of nitrogens with zero attached hydrogens (tertiary/aromatic N) is 2. The van der Waals surface area contributed by atoms with Crippen molar-refractivity contribution in [2.24, 2.45) is 0 Å². The molecule has 7 nitrogen and oxygen atoms in total. The van der Waals surface area contributed by atoms with Crippen LogP contribution in [0.5, 0.6) is 23.0 Å². The molecule has 0 aliphatic carbocycles. The molecular formula is C20H20N2O5. The maximum absolute atomic E-state index is 13.4. The topological polar surface area (TPSA) is 60.5 Å². The van der Waals surface area contributed by atoms with Gasteiger partial charge in [0.2, 0.25) is 5.75 Å². The van der Waals surface area contributed by atoms with Crippen molar-refractivity contribution in [2.45, 2.75) is 0 Å². The molecule has 2 aromatic carbocycles. The Hall–Kier alpha value is -3.09. The van der Waals surface area contributed by atoms with E-state index in [-0.39, 0.29) is 5.91 Å². The molecule has 27 heavy (non-hydrogen) atoms. The van der Waals surface area contributed by atoms with Crippen molar-refractivity contribution in [3.05, 3.63) is 35.9 Å². The van der Waals surface area contributed by atoms with Gasteiger partial charge in [-0.2, -0.15) is 0 Å². The summed E-state index contributed by atoms with van der Waals surface area (Å²) in [6.45, 7) is 3.82. The minimum absolute atomic E-state index is 0.0936. The monoisotopic (exact) mass is 368 g/mol. The molecule has 0 aromatic heterocycles. The third-order valence-electron chi connectivity index (χ3n) is 5.12. The van der Waals surface area contributed by atoms with Gasteiger partial charge in [0, 0.05) is 18.7 Å². The molecule has 0 saturated carbocycles. The van der Waals surface area contributed by atoms with E-state index in [0.29, 0.717) is 49.2 Å². The van der Waals surface area contributed by atoms with E-state index < -0.39 is 0 Å². The number of anilines is 2. The molecule has 0 fully saturated rings. The van der Waals surface area contributed by atoms with Gasteiger partial charge >= 0.3 is 0 Å². The molecule has 3 heterocycles. The molecular weight excluding hydrogens is 348 g/mol. The Morgan fingerprint density at radius 1 is 1.00 bits per heavy atom. The normalized spacial score (nSPS) is 17.1. The molecule has 5 rings (SSSR count). The summed E-state index contributed by atoms with van der Waals surface area (Å²) in [6, 6.07) is 9.29. The van der Waals surface area contributed by atoms with Crippen molar-refractivity contribution in [2.75, 3.05) is 56.4 Å². The maximum Gasteiger partial charge on any atom is 0.258 e. The second kappa shape index (κ2) is 6.26. The number of hydrogen-bond acceptors (Lipinski definition) is 6. The maximum atomic E-state index is 13.4. The number of hydrogen-bond donors (Lipinski definition) is 0. The highest BCUT2D eigenvalue weighted by Gasteiger charge is 2.33. The molecule has 0 unspecified atom stereocenters. The van der Waals surface area contributed by atoms with Crippen LogP contribution < -0.4 is 28.7 Å². The molecule has 1 amide bonds. The number of carbonyl (C=O) groups excluding carboxylic acids is 1. The van der Waals surface area contributed by atoms with Crippen molar-refractivity contribution >= 4 is 17.3 Å². The van der Waals surface area contributed by atoms with E-state index in [1.54, 1.807) is 24.1 Å². The van der Waals surface area contributed by atoms with Gasteiger partial charge in [-0.25, -0.2) is 0 Å². The van der Waals surface area contributed by atoms with Gasteiger partial charge in [-0.3, -0.25) is 4.79 Å². The largest absolute Gasteiger partial charge is 0.493 e. The molecule has 140 valence electrons. The molecule has 0 atom stereocenters. The van der Waals surface area contributed by atoms with Crippen LogP contribution in [0.25, 0.3) is 0 Å². The second-order valence-electron chi connectivity index (χ2n) is 6.62. The average Bonchev–Trinajstić information content (AvgIpc) is 2.73. The number of ether oxygens (including phenoxy) is 4. The van der Waals surface area contributed by atoms with Crippen LogP contribution >= 0.6 is 0 Å². The van der Waals surface area contributed by atoms with Crippen molar-refractivity contribution in [3.8, 4) is 23.0 Å². The van der Waals surface area contributed by atoms with Crippen LogP contribution in [0.4, 0.5) is 11.4 Å². The van der Waals surface area contributed by atoms with E-state index in [1.165, 1.54) is 0 Å². The van der Waals surface area contributed by atoms with Gasteiger partial charge in [0.25, 0.3) is 5.91 Å². The summed E-state index contributed by atoms with van der Waals surface area (Å²) < 4.78 is 22.5. The second-order valence-corrected chi connectivity index (χ2v) is 6.62. The molecule has 0 N–H and O–H groups in total. The SMILES string of the molecule is COc1cc(C(=O)N2CCN3CCOc4cccc2c43)cc2c1OCCO2. The summed E-state index contributed by atoms with van der Waals surface area (Å²) in [5.41, 5.74) is 2.38. The van der Waals surface area contributed by atoms with Crippen molar-refractivity contribution in [1.29, 1.82) is 0 Å². The molecule has 3 aliphatic heterocycles. The lowest BCUT2D eigenvalue weighted by molar-refractivity contribution is 0.0984. The first-order valence-corrected chi connectivity index (χ1v) is 9.06. The quantitative estimate of drug-likeness (QED) is 0.811. The Morgan fingerprint density at radius 2 is 1.85 bits per heavy atom. The smallest absolute Gasteiger partial charge is 0.258 e. The van der Waals surface area contributed by atoms with Crippen LogP contribution in [-0.4, -0.2) is 52.5 Å². The predicted molar refractivity (Wildman–Crippen MR) is 99.8 cm³/mol. The lowest BCUT2D eigenvalue weighted by Gasteiger charge is -2.41. The lowest BCUT2D eigenvalue weighted by Crippen LogP contribution is -2.47. The zero-order valence-corrected chi connectivity index (χ0v) is 15.1.